The van der Waals surface area contributed by atoms with E-state index in [-0.39, 0.29) is 17.7 Å². The molecular formula is C29H22BrNO3S. The summed E-state index contributed by atoms with van der Waals surface area (Å²) in [6, 6.07) is 27.9. The molecule has 0 aromatic heterocycles. The van der Waals surface area contributed by atoms with E-state index in [2.05, 4.69) is 40.2 Å². The summed E-state index contributed by atoms with van der Waals surface area (Å²) in [6.07, 6.45) is 1.74. The van der Waals surface area contributed by atoms with Crippen molar-refractivity contribution in [3.05, 3.63) is 117 Å². The highest BCUT2D eigenvalue weighted by Crippen LogP contribution is 2.36. The predicted molar refractivity (Wildman–Crippen MR) is 145 cm³/mol. The molecule has 4 aromatic carbocycles. The number of nitrogens with zero attached hydrogens (tertiary/aromatic N) is 1. The van der Waals surface area contributed by atoms with E-state index in [9.17, 15) is 9.59 Å². The highest BCUT2D eigenvalue weighted by molar-refractivity contribution is 9.10. The fourth-order valence-corrected chi connectivity index (χ4v) is 5.20. The first-order chi connectivity index (χ1) is 17.0. The van der Waals surface area contributed by atoms with Crippen LogP contribution >= 0.6 is 27.7 Å². The maximum atomic E-state index is 13.1. The lowest BCUT2D eigenvalue weighted by Gasteiger charge is -2.13. The number of halogens is 1. The second kappa shape index (κ2) is 10.1. The van der Waals surface area contributed by atoms with Gasteiger partial charge in [-0.3, -0.25) is 14.5 Å². The summed E-state index contributed by atoms with van der Waals surface area (Å²) >= 11 is 4.47. The van der Waals surface area contributed by atoms with E-state index >= 15 is 0 Å². The van der Waals surface area contributed by atoms with Crippen LogP contribution in [-0.2, 0) is 17.9 Å². The predicted octanol–water partition coefficient (Wildman–Crippen LogP) is 7.73. The first-order valence-corrected chi connectivity index (χ1v) is 12.8. The average molecular weight is 544 g/mol. The number of aryl methyl sites for hydroxylation is 1. The number of thioether (sulfide) groups is 1. The van der Waals surface area contributed by atoms with E-state index in [1.807, 2.05) is 67.6 Å². The number of imide groups is 1. The quantitative estimate of drug-likeness (QED) is 0.233. The van der Waals surface area contributed by atoms with Gasteiger partial charge in [-0.2, -0.15) is 0 Å². The van der Waals surface area contributed by atoms with Gasteiger partial charge in [0.2, 0.25) is 0 Å². The number of carbonyl (C=O) groups excluding carboxylic acids is 2. The molecule has 0 unspecified atom stereocenters. The van der Waals surface area contributed by atoms with Crippen LogP contribution in [0.15, 0.2) is 94.3 Å². The van der Waals surface area contributed by atoms with E-state index in [0.717, 1.165) is 49.3 Å². The molecule has 0 spiro atoms. The van der Waals surface area contributed by atoms with Gasteiger partial charge in [-0.05, 0) is 64.9 Å². The second-order valence-electron chi connectivity index (χ2n) is 8.36. The van der Waals surface area contributed by atoms with Gasteiger partial charge in [-0.15, -0.1) is 0 Å². The minimum absolute atomic E-state index is 0.255. The SMILES string of the molecule is Cc1ccc(CN2C(=O)S/C(=C\c3cc(Br)ccc3OCc3cccc4ccccc34)C2=O)cc1. The molecule has 1 aliphatic rings. The highest BCUT2D eigenvalue weighted by Gasteiger charge is 2.35. The van der Waals surface area contributed by atoms with E-state index in [4.69, 9.17) is 4.74 Å². The zero-order valence-corrected chi connectivity index (χ0v) is 21.4. The molecule has 6 heteroatoms. The van der Waals surface area contributed by atoms with Crippen LogP contribution in [-0.4, -0.2) is 16.0 Å². The number of rotatable bonds is 6. The van der Waals surface area contributed by atoms with Crippen molar-refractivity contribution in [1.82, 2.24) is 4.90 Å². The molecule has 0 radical (unpaired) electrons. The summed E-state index contributed by atoms with van der Waals surface area (Å²) in [5.41, 5.74) is 3.87. The Morgan fingerprint density at radius 2 is 1.71 bits per heavy atom. The van der Waals surface area contributed by atoms with Gasteiger partial charge in [0.25, 0.3) is 11.1 Å². The molecule has 1 aliphatic heterocycles. The Morgan fingerprint density at radius 1 is 0.943 bits per heavy atom. The van der Waals surface area contributed by atoms with Crippen LogP contribution in [0.2, 0.25) is 0 Å². The second-order valence-corrected chi connectivity index (χ2v) is 10.3. The fraction of sp³-hybridized carbons (Fsp3) is 0.103. The molecule has 0 bridgehead atoms. The minimum Gasteiger partial charge on any atom is -0.488 e. The van der Waals surface area contributed by atoms with Crippen LogP contribution in [0.3, 0.4) is 0 Å². The van der Waals surface area contributed by atoms with Crippen molar-refractivity contribution >= 4 is 55.7 Å². The molecule has 2 amide bonds. The largest absolute Gasteiger partial charge is 0.488 e. The molecular weight excluding hydrogens is 522 g/mol. The molecule has 1 heterocycles. The summed E-state index contributed by atoms with van der Waals surface area (Å²) in [4.78, 5) is 27.4. The van der Waals surface area contributed by atoms with Crippen LogP contribution in [0.4, 0.5) is 4.79 Å². The third-order valence-corrected chi connectivity index (χ3v) is 7.26. The van der Waals surface area contributed by atoms with Crippen LogP contribution in [0.1, 0.15) is 22.3 Å². The normalized spacial score (nSPS) is 14.8. The molecule has 0 N–H and O–H groups in total. The van der Waals surface area contributed by atoms with Crippen LogP contribution in [0.25, 0.3) is 16.8 Å². The van der Waals surface area contributed by atoms with Crippen molar-refractivity contribution in [3.63, 3.8) is 0 Å². The molecule has 0 aliphatic carbocycles. The van der Waals surface area contributed by atoms with E-state index in [0.29, 0.717) is 17.3 Å². The summed E-state index contributed by atoms with van der Waals surface area (Å²) in [6.45, 7) is 2.65. The molecule has 4 aromatic rings. The first kappa shape index (κ1) is 23.4. The van der Waals surface area contributed by atoms with Gasteiger partial charge in [0.1, 0.15) is 12.4 Å². The molecule has 174 valence electrons. The number of fused-ring (bicyclic) bond motifs is 1. The van der Waals surface area contributed by atoms with Crippen LogP contribution in [0, 0.1) is 6.92 Å². The van der Waals surface area contributed by atoms with Gasteiger partial charge in [-0.25, -0.2) is 0 Å². The van der Waals surface area contributed by atoms with Gasteiger partial charge in [0.15, 0.2) is 0 Å². The van der Waals surface area contributed by atoms with Crippen molar-refractivity contribution in [2.24, 2.45) is 0 Å². The Hall–Kier alpha value is -3.35. The van der Waals surface area contributed by atoms with Crippen molar-refractivity contribution in [2.75, 3.05) is 0 Å². The van der Waals surface area contributed by atoms with Crippen LogP contribution < -0.4 is 4.74 Å². The number of amides is 2. The standard InChI is InChI=1S/C29H22BrNO3S/c1-19-9-11-20(12-10-19)17-31-28(32)27(35-29(31)33)16-23-15-24(30)13-14-26(23)34-18-22-7-4-6-21-5-2-3-8-25(21)22/h2-16H,17-18H2,1H3/b27-16-. The maximum absolute atomic E-state index is 13.1. The van der Waals surface area contributed by atoms with Crippen molar-refractivity contribution < 1.29 is 14.3 Å². The topological polar surface area (TPSA) is 46.6 Å². The smallest absolute Gasteiger partial charge is 0.293 e. The molecule has 1 fully saturated rings. The Morgan fingerprint density at radius 3 is 2.54 bits per heavy atom. The zero-order valence-electron chi connectivity index (χ0n) is 19.0. The number of benzene rings is 4. The summed E-state index contributed by atoms with van der Waals surface area (Å²) < 4.78 is 7.07. The molecule has 1 saturated heterocycles. The monoisotopic (exact) mass is 543 g/mol. The summed E-state index contributed by atoms with van der Waals surface area (Å²) in [5.74, 6) is 0.354. The third-order valence-electron chi connectivity index (χ3n) is 5.86. The highest BCUT2D eigenvalue weighted by atomic mass is 79.9. The Bertz CT molecular complexity index is 1460. The number of hydrogen-bond donors (Lipinski definition) is 0. The molecule has 4 nitrogen and oxygen atoms in total. The fourth-order valence-electron chi connectivity index (χ4n) is 3.99. The number of carbonyl (C=O) groups is 2. The first-order valence-electron chi connectivity index (χ1n) is 11.2. The lowest BCUT2D eigenvalue weighted by molar-refractivity contribution is -0.123. The zero-order chi connectivity index (χ0) is 24.4. The number of hydrogen-bond acceptors (Lipinski definition) is 4. The van der Waals surface area contributed by atoms with Gasteiger partial charge in [0.05, 0.1) is 11.4 Å². The van der Waals surface area contributed by atoms with E-state index in [1.54, 1.807) is 6.08 Å². The Kier molecular flexibility index (Phi) is 6.75. The minimum atomic E-state index is -0.291. The maximum Gasteiger partial charge on any atom is 0.293 e. The van der Waals surface area contributed by atoms with Gasteiger partial charge < -0.3 is 4.74 Å². The van der Waals surface area contributed by atoms with Crippen molar-refractivity contribution in [1.29, 1.82) is 0 Å². The van der Waals surface area contributed by atoms with E-state index < -0.39 is 0 Å². The van der Waals surface area contributed by atoms with Crippen LogP contribution in [0.5, 0.6) is 5.75 Å². The molecule has 35 heavy (non-hydrogen) atoms. The van der Waals surface area contributed by atoms with Gasteiger partial charge in [-0.1, -0.05) is 88.2 Å². The Balaban J connectivity index is 1.38. The van der Waals surface area contributed by atoms with E-state index in [1.165, 1.54) is 4.90 Å². The van der Waals surface area contributed by atoms with Crippen molar-refractivity contribution in [3.8, 4) is 5.75 Å². The van der Waals surface area contributed by atoms with Gasteiger partial charge >= 0.3 is 0 Å². The van der Waals surface area contributed by atoms with Crippen molar-refractivity contribution in [2.45, 2.75) is 20.1 Å². The lowest BCUT2D eigenvalue weighted by atomic mass is 10.1. The summed E-state index contributed by atoms with van der Waals surface area (Å²) in [7, 11) is 0. The summed E-state index contributed by atoms with van der Waals surface area (Å²) in [5, 5.41) is 2.04. The number of ether oxygens (including phenoxy) is 1. The molecule has 5 rings (SSSR count). The third kappa shape index (κ3) is 5.19. The molecule has 0 saturated carbocycles. The lowest BCUT2D eigenvalue weighted by Crippen LogP contribution is -2.27. The Labute approximate surface area is 216 Å². The molecule has 0 atom stereocenters. The average Bonchev–Trinajstić information content (AvgIpc) is 3.12. The van der Waals surface area contributed by atoms with Gasteiger partial charge in [0, 0.05) is 10.0 Å².